The van der Waals surface area contributed by atoms with Gasteiger partial charge in [-0.25, -0.2) is 4.79 Å². The van der Waals surface area contributed by atoms with Crippen LogP contribution in [0.2, 0.25) is 5.02 Å². The highest BCUT2D eigenvalue weighted by Gasteiger charge is 2.20. The lowest BCUT2D eigenvalue weighted by molar-refractivity contribution is -0.128. The zero-order valence-electron chi connectivity index (χ0n) is 17.3. The third-order valence-corrected chi connectivity index (χ3v) is 6.40. The molecule has 32 heavy (non-hydrogen) atoms. The first-order valence-electron chi connectivity index (χ1n) is 10.4. The van der Waals surface area contributed by atoms with Crippen molar-refractivity contribution in [3.05, 3.63) is 67.7 Å². The van der Waals surface area contributed by atoms with Crippen LogP contribution in [0.15, 0.2) is 45.1 Å². The van der Waals surface area contributed by atoms with E-state index in [1.54, 1.807) is 12.1 Å². The molecule has 168 valence electrons. The van der Waals surface area contributed by atoms with Crippen LogP contribution in [0.25, 0.3) is 5.69 Å². The van der Waals surface area contributed by atoms with Crippen LogP contribution >= 0.6 is 23.4 Å². The number of hydrogen-bond acceptors (Lipinski definition) is 6. The van der Waals surface area contributed by atoms with Crippen LogP contribution in [-0.2, 0) is 11.2 Å². The number of benzene rings is 1. The Bertz CT molecular complexity index is 1170. The summed E-state index contributed by atoms with van der Waals surface area (Å²) in [5.41, 5.74) is 0.117. The molecule has 0 bridgehead atoms. The number of nitrogens with zero attached hydrogens (tertiary/aromatic N) is 4. The SMILES string of the molecule is O=C(CSc1nnc(Cc2cc(=O)[nH]c(=O)[nH]2)n1-c1ccc(Cl)cc1)N1CCCCCC1. The third kappa shape index (κ3) is 5.49. The van der Waals surface area contributed by atoms with E-state index in [1.807, 2.05) is 21.6 Å². The molecule has 0 spiro atoms. The fourth-order valence-electron chi connectivity index (χ4n) is 3.68. The second-order valence-corrected chi connectivity index (χ2v) is 8.96. The first kappa shape index (κ1) is 22.3. The van der Waals surface area contributed by atoms with Crippen molar-refractivity contribution in [2.45, 2.75) is 37.3 Å². The minimum atomic E-state index is -0.581. The highest BCUT2D eigenvalue weighted by molar-refractivity contribution is 7.99. The topological polar surface area (TPSA) is 117 Å². The Kier molecular flexibility index (Phi) is 7.11. The Labute approximate surface area is 193 Å². The molecule has 0 saturated carbocycles. The molecule has 0 atom stereocenters. The number of carbonyl (C=O) groups is 1. The van der Waals surface area contributed by atoms with E-state index in [4.69, 9.17) is 11.6 Å². The van der Waals surface area contributed by atoms with Gasteiger partial charge in [-0.3, -0.25) is 19.1 Å². The molecule has 4 rings (SSSR count). The van der Waals surface area contributed by atoms with Crippen LogP contribution in [0.4, 0.5) is 0 Å². The minimum Gasteiger partial charge on any atom is -0.342 e. The molecular formula is C21H23ClN6O3S. The van der Waals surface area contributed by atoms with Gasteiger partial charge in [-0.2, -0.15) is 0 Å². The standard InChI is InChI=1S/C21H23ClN6O3S/c22-14-5-7-16(8-6-14)28-17(11-15-12-18(29)24-20(31)23-15)25-26-21(28)32-13-19(30)27-9-3-1-2-4-10-27/h5-8,12H,1-4,9-11,13H2,(H2,23,24,29,31). The Morgan fingerprint density at radius 3 is 2.44 bits per heavy atom. The van der Waals surface area contributed by atoms with Gasteiger partial charge < -0.3 is 9.88 Å². The Morgan fingerprint density at radius 1 is 1.03 bits per heavy atom. The van der Waals surface area contributed by atoms with Crippen LogP contribution in [0.3, 0.4) is 0 Å². The highest BCUT2D eigenvalue weighted by Crippen LogP contribution is 2.25. The van der Waals surface area contributed by atoms with Gasteiger partial charge in [0.25, 0.3) is 5.56 Å². The number of rotatable bonds is 6. The van der Waals surface area contributed by atoms with Gasteiger partial charge in [-0.15, -0.1) is 10.2 Å². The van der Waals surface area contributed by atoms with Gasteiger partial charge in [0.2, 0.25) is 5.91 Å². The van der Waals surface area contributed by atoms with Crippen molar-refractivity contribution in [3.63, 3.8) is 0 Å². The first-order chi connectivity index (χ1) is 15.5. The van der Waals surface area contributed by atoms with Crippen LogP contribution in [0.5, 0.6) is 0 Å². The lowest BCUT2D eigenvalue weighted by Crippen LogP contribution is -2.33. The molecule has 0 radical (unpaired) electrons. The van der Waals surface area contributed by atoms with Crippen LogP contribution in [-0.4, -0.2) is 54.4 Å². The van der Waals surface area contributed by atoms with E-state index in [1.165, 1.54) is 17.8 Å². The Balaban J connectivity index is 1.60. The van der Waals surface area contributed by atoms with Crippen molar-refractivity contribution in [1.82, 2.24) is 29.6 Å². The average molecular weight is 475 g/mol. The van der Waals surface area contributed by atoms with Gasteiger partial charge in [-0.05, 0) is 37.1 Å². The molecule has 0 unspecified atom stereocenters. The normalized spacial score (nSPS) is 14.3. The summed E-state index contributed by atoms with van der Waals surface area (Å²) in [6, 6.07) is 8.49. The van der Waals surface area contributed by atoms with Crippen molar-refractivity contribution in [2.24, 2.45) is 0 Å². The van der Waals surface area contributed by atoms with E-state index >= 15 is 0 Å². The number of likely N-dealkylation sites (tertiary alicyclic amines) is 1. The predicted molar refractivity (Wildman–Crippen MR) is 123 cm³/mol. The van der Waals surface area contributed by atoms with Gasteiger partial charge in [-0.1, -0.05) is 36.2 Å². The fourth-order valence-corrected chi connectivity index (χ4v) is 4.68. The smallest absolute Gasteiger partial charge is 0.325 e. The molecule has 9 nitrogen and oxygen atoms in total. The molecule has 0 aliphatic carbocycles. The Hall–Kier alpha value is -2.85. The Morgan fingerprint density at radius 2 is 1.75 bits per heavy atom. The van der Waals surface area contributed by atoms with Crippen molar-refractivity contribution in [1.29, 1.82) is 0 Å². The predicted octanol–water partition coefficient (Wildman–Crippen LogP) is 2.38. The van der Waals surface area contributed by atoms with E-state index in [-0.39, 0.29) is 18.1 Å². The fraction of sp³-hybridized carbons (Fsp3) is 0.381. The molecule has 1 aliphatic heterocycles. The number of nitrogens with one attached hydrogen (secondary N) is 2. The van der Waals surface area contributed by atoms with E-state index in [9.17, 15) is 14.4 Å². The molecule has 1 aromatic carbocycles. The van der Waals surface area contributed by atoms with Gasteiger partial charge in [0.1, 0.15) is 5.82 Å². The van der Waals surface area contributed by atoms with Crippen molar-refractivity contribution >= 4 is 29.3 Å². The van der Waals surface area contributed by atoms with Crippen LogP contribution in [0.1, 0.15) is 37.2 Å². The van der Waals surface area contributed by atoms with Gasteiger partial charge in [0.05, 0.1) is 5.75 Å². The summed E-state index contributed by atoms with van der Waals surface area (Å²) in [4.78, 5) is 42.7. The highest BCUT2D eigenvalue weighted by atomic mass is 35.5. The molecule has 1 aliphatic rings. The first-order valence-corrected chi connectivity index (χ1v) is 11.8. The summed E-state index contributed by atoms with van der Waals surface area (Å²) in [5.74, 6) is 0.870. The zero-order chi connectivity index (χ0) is 22.5. The molecule has 2 aromatic heterocycles. The minimum absolute atomic E-state index is 0.0861. The molecule has 2 N–H and O–H groups in total. The molecule has 11 heteroatoms. The zero-order valence-corrected chi connectivity index (χ0v) is 18.9. The van der Waals surface area contributed by atoms with Gasteiger partial charge >= 0.3 is 5.69 Å². The number of carbonyl (C=O) groups excluding carboxylic acids is 1. The number of halogens is 1. The largest absolute Gasteiger partial charge is 0.342 e. The number of amides is 1. The van der Waals surface area contributed by atoms with Crippen molar-refractivity contribution in [2.75, 3.05) is 18.8 Å². The second kappa shape index (κ2) is 10.2. The lowest BCUT2D eigenvalue weighted by Gasteiger charge is -2.20. The molecule has 1 amide bonds. The molecule has 3 aromatic rings. The van der Waals surface area contributed by atoms with E-state index in [2.05, 4.69) is 20.2 Å². The van der Waals surface area contributed by atoms with Crippen LogP contribution < -0.4 is 11.2 Å². The van der Waals surface area contributed by atoms with Gasteiger partial charge in [0.15, 0.2) is 5.16 Å². The number of aromatic nitrogens is 5. The molecular weight excluding hydrogens is 452 g/mol. The monoisotopic (exact) mass is 474 g/mol. The number of hydrogen-bond donors (Lipinski definition) is 2. The number of H-pyrrole nitrogens is 2. The molecule has 3 heterocycles. The molecule has 1 saturated heterocycles. The maximum absolute atomic E-state index is 12.7. The number of thioether (sulfide) groups is 1. The number of aromatic amines is 2. The maximum Gasteiger partial charge on any atom is 0.325 e. The van der Waals surface area contributed by atoms with Gasteiger partial charge in [0, 0.05) is 42.0 Å². The van der Waals surface area contributed by atoms with Crippen molar-refractivity contribution in [3.8, 4) is 5.69 Å². The summed E-state index contributed by atoms with van der Waals surface area (Å²) < 4.78 is 1.82. The van der Waals surface area contributed by atoms with Crippen LogP contribution in [0, 0.1) is 0 Å². The third-order valence-electron chi connectivity index (χ3n) is 5.23. The summed E-state index contributed by atoms with van der Waals surface area (Å²) in [7, 11) is 0. The molecule has 1 fully saturated rings. The summed E-state index contributed by atoms with van der Waals surface area (Å²) in [6.45, 7) is 1.59. The quantitative estimate of drug-likeness (QED) is 0.530. The summed E-state index contributed by atoms with van der Waals surface area (Å²) >= 11 is 7.36. The summed E-state index contributed by atoms with van der Waals surface area (Å²) in [5, 5.41) is 9.70. The maximum atomic E-state index is 12.7. The van der Waals surface area contributed by atoms with E-state index in [0.717, 1.165) is 44.5 Å². The van der Waals surface area contributed by atoms with Crippen molar-refractivity contribution < 1.29 is 4.79 Å². The van der Waals surface area contributed by atoms with E-state index in [0.29, 0.717) is 21.7 Å². The van der Waals surface area contributed by atoms with E-state index < -0.39 is 11.2 Å². The lowest BCUT2D eigenvalue weighted by atomic mass is 10.2. The second-order valence-electron chi connectivity index (χ2n) is 7.58. The average Bonchev–Trinajstić information content (AvgIpc) is 2.96. The summed E-state index contributed by atoms with van der Waals surface area (Å²) in [6.07, 6.45) is 4.59.